The van der Waals surface area contributed by atoms with Gasteiger partial charge < -0.3 is 9.47 Å². The van der Waals surface area contributed by atoms with E-state index < -0.39 is 16.0 Å². The van der Waals surface area contributed by atoms with E-state index in [0.717, 1.165) is 0 Å². The first kappa shape index (κ1) is 15.5. The zero-order chi connectivity index (χ0) is 14.6. The number of hydrogen-bond donors (Lipinski definition) is 1. The van der Waals surface area contributed by atoms with Gasteiger partial charge in [-0.3, -0.25) is 4.79 Å². The lowest BCUT2D eigenvalue weighted by atomic mass is 10.1. The first-order chi connectivity index (χ1) is 8.74. The molecule has 106 valence electrons. The molecule has 1 aromatic rings. The average molecular weight is 287 g/mol. The lowest BCUT2D eigenvalue weighted by Gasteiger charge is -2.11. The number of primary sulfonamides is 1. The van der Waals surface area contributed by atoms with E-state index >= 15 is 0 Å². The normalized spacial score (nSPS) is 11.4. The summed E-state index contributed by atoms with van der Waals surface area (Å²) in [5.74, 6) is -0.0482. The van der Waals surface area contributed by atoms with Crippen LogP contribution in [-0.4, -0.2) is 27.6 Å². The zero-order valence-electron chi connectivity index (χ0n) is 11.0. The van der Waals surface area contributed by atoms with Crippen LogP contribution in [0, 0.1) is 0 Å². The van der Waals surface area contributed by atoms with Crippen molar-refractivity contribution in [3.8, 4) is 5.75 Å². The van der Waals surface area contributed by atoms with Crippen LogP contribution in [-0.2, 0) is 26.0 Å². The van der Waals surface area contributed by atoms with Gasteiger partial charge in [0.05, 0.1) is 24.5 Å². The van der Waals surface area contributed by atoms with Gasteiger partial charge in [-0.1, -0.05) is 0 Å². The van der Waals surface area contributed by atoms with Crippen molar-refractivity contribution in [3.63, 3.8) is 0 Å². The fraction of sp³-hybridized carbons (Fsp3) is 0.417. The molecule has 0 amide bonds. The molecule has 7 heteroatoms. The van der Waals surface area contributed by atoms with Crippen molar-refractivity contribution in [2.24, 2.45) is 5.14 Å². The van der Waals surface area contributed by atoms with Crippen molar-refractivity contribution in [2.45, 2.75) is 31.3 Å². The van der Waals surface area contributed by atoms with E-state index in [2.05, 4.69) is 0 Å². The molecule has 2 N–H and O–H groups in total. The van der Waals surface area contributed by atoms with E-state index in [-0.39, 0.29) is 17.4 Å². The molecule has 0 saturated carbocycles. The number of methoxy groups -OCH3 is 1. The summed E-state index contributed by atoms with van der Waals surface area (Å²) in [6.45, 7) is 3.46. The van der Waals surface area contributed by atoms with Crippen LogP contribution in [0.4, 0.5) is 0 Å². The van der Waals surface area contributed by atoms with Gasteiger partial charge in [-0.2, -0.15) is 0 Å². The first-order valence-corrected chi connectivity index (χ1v) is 7.18. The highest BCUT2D eigenvalue weighted by atomic mass is 32.2. The van der Waals surface area contributed by atoms with Crippen LogP contribution in [0.3, 0.4) is 0 Å². The summed E-state index contributed by atoms with van der Waals surface area (Å²) in [6.07, 6.45) is -0.315. The van der Waals surface area contributed by atoms with E-state index in [1.165, 1.54) is 25.3 Å². The van der Waals surface area contributed by atoms with Crippen LogP contribution in [0.15, 0.2) is 23.1 Å². The maximum atomic E-state index is 11.6. The quantitative estimate of drug-likeness (QED) is 0.809. The van der Waals surface area contributed by atoms with Crippen LogP contribution < -0.4 is 9.88 Å². The molecule has 0 bridgehead atoms. The second-order valence-corrected chi connectivity index (χ2v) is 5.80. The van der Waals surface area contributed by atoms with Crippen LogP contribution in [0.1, 0.15) is 19.4 Å². The van der Waals surface area contributed by atoms with Crippen LogP contribution >= 0.6 is 0 Å². The summed E-state index contributed by atoms with van der Waals surface area (Å²) in [5, 5.41) is 5.04. The molecule has 0 spiro atoms. The molecule has 0 unspecified atom stereocenters. The number of nitrogens with two attached hydrogens (primary N) is 1. The van der Waals surface area contributed by atoms with Crippen molar-refractivity contribution in [1.82, 2.24) is 0 Å². The summed E-state index contributed by atoms with van der Waals surface area (Å²) in [6, 6.07) is 4.10. The molecule has 0 atom stereocenters. The smallest absolute Gasteiger partial charge is 0.310 e. The lowest BCUT2D eigenvalue weighted by molar-refractivity contribution is -0.146. The summed E-state index contributed by atoms with van der Waals surface area (Å²) >= 11 is 0. The van der Waals surface area contributed by atoms with E-state index in [0.29, 0.717) is 11.3 Å². The molecule has 0 fully saturated rings. The molecule has 19 heavy (non-hydrogen) atoms. The number of esters is 1. The highest BCUT2D eigenvalue weighted by Gasteiger charge is 2.15. The molecule has 0 aliphatic heterocycles. The minimum atomic E-state index is -3.82. The SMILES string of the molecule is COc1ccc(S(N)(=O)=O)cc1CC(=O)OC(C)C. The Morgan fingerprint density at radius 3 is 2.47 bits per heavy atom. The van der Waals surface area contributed by atoms with E-state index in [1.807, 2.05) is 0 Å². The van der Waals surface area contributed by atoms with Crippen molar-refractivity contribution in [3.05, 3.63) is 23.8 Å². The number of rotatable bonds is 5. The third-order valence-corrected chi connectivity index (χ3v) is 3.19. The van der Waals surface area contributed by atoms with E-state index in [4.69, 9.17) is 14.6 Å². The molecule has 0 saturated heterocycles. The van der Waals surface area contributed by atoms with Crippen LogP contribution in [0.2, 0.25) is 0 Å². The van der Waals surface area contributed by atoms with Gasteiger partial charge in [0, 0.05) is 5.56 Å². The van der Waals surface area contributed by atoms with E-state index in [1.54, 1.807) is 13.8 Å². The van der Waals surface area contributed by atoms with Gasteiger partial charge in [-0.25, -0.2) is 13.6 Å². The molecular weight excluding hydrogens is 270 g/mol. The molecule has 0 aromatic heterocycles. The number of hydrogen-bond acceptors (Lipinski definition) is 5. The molecule has 1 rings (SSSR count). The fourth-order valence-corrected chi connectivity index (χ4v) is 2.09. The largest absolute Gasteiger partial charge is 0.496 e. The molecule has 1 aromatic carbocycles. The summed E-state index contributed by atoms with van der Waals surface area (Å²) in [4.78, 5) is 11.5. The summed E-state index contributed by atoms with van der Waals surface area (Å²) in [5.41, 5.74) is 0.416. The predicted octanol–water partition coefficient (Wildman–Crippen LogP) is 0.837. The standard InChI is InChI=1S/C12H17NO5S/c1-8(2)18-12(14)7-9-6-10(19(13,15)16)4-5-11(9)17-3/h4-6,8H,7H2,1-3H3,(H2,13,15,16). The minimum Gasteiger partial charge on any atom is -0.496 e. The summed E-state index contributed by atoms with van der Waals surface area (Å²) < 4.78 is 32.6. The zero-order valence-corrected chi connectivity index (χ0v) is 11.9. The Labute approximate surface area is 112 Å². The molecule has 0 radical (unpaired) electrons. The Hall–Kier alpha value is -1.60. The average Bonchev–Trinajstić information content (AvgIpc) is 2.26. The predicted molar refractivity (Wildman–Crippen MR) is 69.3 cm³/mol. The van der Waals surface area contributed by atoms with Crippen LogP contribution in [0.25, 0.3) is 0 Å². The number of sulfonamides is 1. The molecule has 0 aliphatic carbocycles. The Kier molecular flexibility index (Phi) is 4.90. The third-order valence-electron chi connectivity index (χ3n) is 2.28. The molecule has 0 aliphatic rings. The van der Waals surface area contributed by atoms with Gasteiger partial charge in [-0.15, -0.1) is 0 Å². The second-order valence-electron chi connectivity index (χ2n) is 4.23. The van der Waals surface area contributed by atoms with Gasteiger partial charge in [0.1, 0.15) is 5.75 Å². The molecule has 0 heterocycles. The minimum absolute atomic E-state index is 0.0688. The monoisotopic (exact) mass is 287 g/mol. The molecular formula is C12H17NO5S. The number of benzene rings is 1. The number of carbonyl (C=O) groups is 1. The van der Waals surface area contributed by atoms with Crippen molar-refractivity contribution >= 4 is 16.0 Å². The maximum absolute atomic E-state index is 11.6. The van der Waals surface area contributed by atoms with Crippen molar-refractivity contribution in [2.75, 3.05) is 7.11 Å². The fourth-order valence-electron chi connectivity index (χ4n) is 1.53. The van der Waals surface area contributed by atoms with Gasteiger partial charge in [-0.05, 0) is 32.0 Å². The van der Waals surface area contributed by atoms with Crippen LogP contribution in [0.5, 0.6) is 5.75 Å². The third kappa shape index (κ3) is 4.53. The van der Waals surface area contributed by atoms with E-state index in [9.17, 15) is 13.2 Å². The number of carbonyl (C=O) groups excluding carboxylic acids is 1. The Bertz CT molecular complexity index is 565. The lowest BCUT2D eigenvalue weighted by Crippen LogP contribution is -2.16. The number of ether oxygens (including phenoxy) is 2. The van der Waals surface area contributed by atoms with Crippen molar-refractivity contribution < 1.29 is 22.7 Å². The highest BCUT2D eigenvalue weighted by molar-refractivity contribution is 7.89. The topological polar surface area (TPSA) is 95.7 Å². The molecule has 6 nitrogen and oxygen atoms in total. The van der Waals surface area contributed by atoms with Gasteiger partial charge in [0.15, 0.2) is 0 Å². The van der Waals surface area contributed by atoms with Crippen molar-refractivity contribution in [1.29, 1.82) is 0 Å². The Morgan fingerprint density at radius 1 is 1.37 bits per heavy atom. The second kappa shape index (κ2) is 6.03. The van der Waals surface area contributed by atoms with Gasteiger partial charge >= 0.3 is 5.97 Å². The van der Waals surface area contributed by atoms with Gasteiger partial charge in [0.2, 0.25) is 10.0 Å². The summed E-state index contributed by atoms with van der Waals surface area (Å²) in [7, 11) is -2.38. The Balaban J connectivity index is 3.07. The Morgan fingerprint density at radius 2 is 2.00 bits per heavy atom. The maximum Gasteiger partial charge on any atom is 0.310 e. The first-order valence-electron chi connectivity index (χ1n) is 5.63. The highest BCUT2D eigenvalue weighted by Crippen LogP contribution is 2.22. The van der Waals surface area contributed by atoms with Gasteiger partial charge in [0.25, 0.3) is 0 Å².